The van der Waals surface area contributed by atoms with Crippen molar-refractivity contribution in [1.82, 2.24) is 9.78 Å². The molecule has 0 unspecified atom stereocenters. The van der Waals surface area contributed by atoms with Crippen molar-refractivity contribution in [1.29, 1.82) is 0 Å². The summed E-state index contributed by atoms with van der Waals surface area (Å²) in [7, 11) is 0. The molecule has 0 saturated heterocycles. The van der Waals surface area contributed by atoms with Crippen LogP contribution in [0.2, 0.25) is 0 Å². The van der Waals surface area contributed by atoms with E-state index >= 15 is 0 Å². The molecule has 0 fully saturated rings. The zero-order valence-corrected chi connectivity index (χ0v) is 9.18. The third-order valence-corrected chi connectivity index (χ3v) is 2.21. The molecule has 0 aliphatic rings. The Morgan fingerprint density at radius 3 is 2.15 bits per heavy atom. The molecule has 0 aliphatic heterocycles. The summed E-state index contributed by atoms with van der Waals surface area (Å²) in [4.78, 5) is 0. The molecule has 0 amide bonds. The molecule has 0 atom stereocenters. The molecular weight excluding hydrogens is 162 g/mol. The largest absolute Gasteiger partial charge is 0.384 e. The van der Waals surface area contributed by atoms with Gasteiger partial charge in [0.15, 0.2) is 0 Å². The van der Waals surface area contributed by atoms with Gasteiger partial charge in [-0.3, -0.25) is 0 Å². The van der Waals surface area contributed by atoms with Crippen LogP contribution >= 0.6 is 0 Å². The van der Waals surface area contributed by atoms with Crippen molar-refractivity contribution in [2.24, 2.45) is 0 Å². The average molecular weight is 181 g/mol. The van der Waals surface area contributed by atoms with Gasteiger partial charge in [-0.25, -0.2) is 4.68 Å². The number of aromatic nitrogens is 2. The number of nitrogens with two attached hydrogens (primary N) is 1. The van der Waals surface area contributed by atoms with E-state index in [4.69, 9.17) is 5.73 Å². The molecule has 0 saturated carbocycles. The Hall–Kier alpha value is -0.990. The highest BCUT2D eigenvalue weighted by molar-refractivity contribution is 5.43. The van der Waals surface area contributed by atoms with Gasteiger partial charge in [0.1, 0.15) is 5.82 Å². The highest BCUT2D eigenvalue weighted by Crippen LogP contribution is 2.23. The Balaban J connectivity index is 3.26. The smallest absolute Gasteiger partial charge is 0.125 e. The number of hydrogen-bond donors (Lipinski definition) is 1. The van der Waals surface area contributed by atoms with Gasteiger partial charge >= 0.3 is 0 Å². The first-order chi connectivity index (χ1) is 5.88. The van der Waals surface area contributed by atoms with E-state index in [2.05, 4.69) is 32.8 Å². The summed E-state index contributed by atoms with van der Waals surface area (Å²) >= 11 is 0. The van der Waals surface area contributed by atoms with Crippen LogP contribution in [0.3, 0.4) is 0 Å². The van der Waals surface area contributed by atoms with E-state index in [1.165, 1.54) is 5.56 Å². The molecule has 1 rings (SSSR count). The first-order valence-electron chi connectivity index (χ1n) is 4.72. The van der Waals surface area contributed by atoms with Crippen LogP contribution in [0.5, 0.6) is 0 Å². The topological polar surface area (TPSA) is 43.8 Å². The predicted molar refractivity (Wildman–Crippen MR) is 55.8 cm³/mol. The number of anilines is 1. The van der Waals surface area contributed by atoms with Gasteiger partial charge in [-0.05, 0) is 34.1 Å². The molecular formula is C10H19N3. The molecule has 0 spiro atoms. The molecule has 0 aromatic carbocycles. The van der Waals surface area contributed by atoms with E-state index in [-0.39, 0.29) is 5.54 Å². The van der Waals surface area contributed by atoms with Gasteiger partial charge in [-0.2, -0.15) is 5.10 Å². The Labute approximate surface area is 79.9 Å². The molecule has 1 aromatic heterocycles. The maximum absolute atomic E-state index is 6.00. The van der Waals surface area contributed by atoms with Gasteiger partial charge in [-0.1, -0.05) is 6.92 Å². The maximum atomic E-state index is 6.00. The Morgan fingerprint density at radius 2 is 1.92 bits per heavy atom. The summed E-state index contributed by atoms with van der Waals surface area (Å²) in [5.74, 6) is 0.813. The third-order valence-electron chi connectivity index (χ3n) is 2.21. The van der Waals surface area contributed by atoms with Crippen LogP contribution in [-0.2, 0) is 12.0 Å². The van der Waals surface area contributed by atoms with E-state index in [1.54, 1.807) is 0 Å². The fraction of sp³-hybridized carbons (Fsp3) is 0.700. The van der Waals surface area contributed by atoms with E-state index in [0.717, 1.165) is 17.9 Å². The molecule has 74 valence electrons. The number of aryl methyl sites for hydroxylation is 1. The van der Waals surface area contributed by atoms with Crippen LogP contribution in [0.25, 0.3) is 0 Å². The van der Waals surface area contributed by atoms with Gasteiger partial charge in [0.25, 0.3) is 0 Å². The minimum absolute atomic E-state index is 0.0255. The number of nitrogen functional groups attached to an aromatic ring is 1. The van der Waals surface area contributed by atoms with Crippen molar-refractivity contribution in [2.75, 3.05) is 5.73 Å². The number of hydrogen-bond acceptors (Lipinski definition) is 2. The van der Waals surface area contributed by atoms with Crippen molar-refractivity contribution in [3.8, 4) is 0 Å². The van der Waals surface area contributed by atoms with Crippen LogP contribution in [0, 0.1) is 6.92 Å². The minimum Gasteiger partial charge on any atom is -0.384 e. The highest BCUT2D eigenvalue weighted by atomic mass is 15.3. The quantitative estimate of drug-likeness (QED) is 0.721. The van der Waals surface area contributed by atoms with Crippen LogP contribution in [-0.4, -0.2) is 9.78 Å². The summed E-state index contributed by atoms with van der Waals surface area (Å²) in [6.07, 6.45) is 0.952. The summed E-state index contributed by atoms with van der Waals surface area (Å²) in [5.41, 5.74) is 8.20. The minimum atomic E-state index is -0.0255. The lowest BCUT2D eigenvalue weighted by Crippen LogP contribution is -2.24. The lowest BCUT2D eigenvalue weighted by Gasteiger charge is -2.20. The zero-order valence-electron chi connectivity index (χ0n) is 9.18. The number of nitrogens with zero attached hydrogens (tertiary/aromatic N) is 2. The highest BCUT2D eigenvalue weighted by Gasteiger charge is 2.20. The SMILES string of the molecule is CCc1c(C)nn(C(C)(C)C)c1N. The van der Waals surface area contributed by atoms with Gasteiger partial charge in [0.05, 0.1) is 11.2 Å². The van der Waals surface area contributed by atoms with Gasteiger partial charge in [-0.15, -0.1) is 0 Å². The average Bonchev–Trinajstić information content (AvgIpc) is 2.25. The Bertz CT molecular complexity index is 305. The molecule has 13 heavy (non-hydrogen) atoms. The first-order valence-corrected chi connectivity index (χ1v) is 4.72. The second kappa shape index (κ2) is 3.05. The summed E-state index contributed by atoms with van der Waals surface area (Å²) < 4.78 is 1.90. The molecule has 0 bridgehead atoms. The van der Waals surface area contributed by atoms with Crippen LogP contribution in [0.4, 0.5) is 5.82 Å². The fourth-order valence-corrected chi connectivity index (χ4v) is 1.53. The van der Waals surface area contributed by atoms with Crippen LogP contribution in [0.15, 0.2) is 0 Å². The van der Waals surface area contributed by atoms with Gasteiger partial charge in [0, 0.05) is 5.56 Å². The van der Waals surface area contributed by atoms with Crippen molar-refractivity contribution < 1.29 is 0 Å². The Kier molecular flexibility index (Phi) is 2.37. The van der Waals surface area contributed by atoms with Crippen LogP contribution in [0.1, 0.15) is 39.0 Å². The van der Waals surface area contributed by atoms with Gasteiger partial charge < -0.3 is 5.73 Å². The third kappa shape index (κ3) is 1.69. The molecule has 3 heteroatoms. The van der Waals surface area contributed by atoms with Crippen molar-refractivity contribution in [3.63, 3.8) is 0 Å². The van der Waals surface area contributed by atoms with Crippen molar-refractivity contribution in [2.45, 2.75) is 46.6 Å². The first kappa shape index (κ1) is 10.1. The van der Waals surface area contributed by atoms with Crippen LogP contribution < -0.4 is 5.73 Å². The molecule has 0 radical (unpaired) electrons. The second-order valence-electron chi connectivity index (χ2n) is 4.39. The summed E-state index contributed by atoms with van der Waals surface area (Å²) in [5, 5.41) is 4.44. The lowest BCUT2D eigenvalue weighted by atomic mass is 10.1. The summed E-state index contributed by atoms with van der Waals surface area (Å²) in [6.45, 7) is 10.4. The van der Waals surface area contributed by atoms with Gasteiger partial charge in [0.2, 0.25) is 0 Å². The zero-order chi connectivity index (χ0) is 10.2. The monoisotopic (exact) mass is 181 g/mol. The normalized spacial score (nSPS) is 12.1. The molecule has 3 nitrogen and oxygen atoms in total. The standard InChI is InChI=1S/C10H19N3/c1-6-8-7(2)12-13(9(8)11)10(3,4)5/h6,11H2,1-5H3. The molecule has 1 aromatic rings. The second-order valence-corrected chi connectivity index (χ2v) is 4.39. The van der Waals surface area contributed by atoms with E-state index < -0.39 is 0 Å². The molecule has 1 heterocycles. The molecule has 0 aliphatic carbocycles. The predicted octanol–water partition coefficient (Wildman–Crippen LogP) is 2.09. The van der Waals surface area contributed by atoms with E-state index in [9.17, 15) is 0 Å². The maximum Gasteiger partial charge on any atom is 0.125 e. The van der Waals surface area contributed by atoms with Crippen molar-refractivity contribution in [3.05, 3.63) is 11.3 Å². The van der Waals surface area contributed by atoms with E-state index in [0.29, 0.717) is 0 Å². The van der Waals surface area contributed by atoms with Crippen molar-refractivity contribution >= 4 is 5.82 Å². The molecule has 2 N–H and O–H groups in total. The summed E-state index contributed by atoms with van der Waals surface area (Å²) in [6, 6.07) is 0. The Morgan fingerprint density at radius 1 is 1.38 bits per heavy atom. The number of rotatable bonds is 1. The fourth-order valence-electron chi connectivity index (χ4n) is 1.53. The lowest BCUT2D eigenvalue weighted by molar-refractivity contribution is 0.360. The van der Waals surface area contributed by atoms with E-state index in [1.807, 2.05) is 11.6 Å².